The van der Waals surface area contributed by atoms with Gasteiger partial charge in [-0.2, -0.15) is 0 Å². The van der Waals surface area contributed by atoms with E-state index in [0.717, 1.165) is 0 Å². The summed E-state index contributed by atoms with van der Waals surface area (Å²) in [6, 6.07) is 2.94. The number of hydrogen-bond acceptors (Lipinski definition) is 5. The number of anilines is 1. The van der Waals surface area contributed by atoms with Gasteiger partial charge in [0, 0.05) is 28.3 Å². The van der Waals surface area contributed by atoms with E-state index in [0.29, 0.717) is 15.7 Å². The molecule has 0 amide bonds. The van der Waals surface area contributed by atoms with Crippen LogP contribution in [-0.4, -0.2) is 25.6 Å². The fraction of sp³-hybridized carbons (Fsp3) is 0.333. The Kier molecular flexibility index (Phi) is 4.65. The maximum atomic E-state index is 10.8. The zero-order chi connectivity index (χ0) is 13.9. The Bertz CT molecular complexity index is 573. The Morgan fingerprint density at radius 2 is 2.11 bits per heavy atom. The molecule has 0 saturated carbocycles. The molecule has 0 aliphatic rings. The van der Waals surface area contributed by atoms with Crippen LogP contribution in [0, 0.1) is 17.0 Å². The van der Waals surface area contributed by atoms with E-state index in [1.807, 2.05) is 0 Å². The molecular formula is C9H12BrN3O4S. The third-order valence-electron chi connectivity index (χ3n) is 2.18. The molecule has 9 heteroatoms. The van der Waals surface area contributed by atoms with Crippen LogP contribution in [0.4, 0.5) is 11.4 Å². The number of nitrogens with one attached hydrogen (secondary N) is 1. The number of halogens is 1. The van der Waals surface area contributed by atoms with Crippen molar-refractivity contribution >= 4 is 37.3 Å². The Morgan fingerprint density at radius 3 is 2.61 bits per heavy atom. The van der Waals surface area contributed by atoms with Crippen molar-refractivity contribution in [1.29, 1.82) is 0 Å². The fourth-order valence-corrected chi connectivity index (χ4v) is 2.19. The standard InChI is InChI=1S/C9H12BrN3O4S/c1-6-4-8(12-2-3-18(11,16)17)7(10)5-9(6)13(14)15/h4-5,12H,2-3H2,1H3,(H2,11,16,17). The minimum atomic E-state index is -3.52. The summed E-state index contributed by atoms with van der Waals surface area (Å²) in [5, 5.41) is 18.4. The number of nitro groups is 1. The molecule has 0 unspecified atom stereocenters. The van der Waals surface area contributed by atoms with Crippen molar-refractivity contribution in [3.8, 4) is 0 Å². The summed E-state index contributed by atoms with van der Waals surface area (Å²) in [6.07, 6.45) is 0. The molecule has 3 N–H and O–H groups in total. The lowest BCUT2D eigenvalue weighted by molar-refractivity contribution is -0.385. The molecule has 0 heterocycles. The van der Waals surface area contributed by atoms with Crippen molar-refractivity contribution in [3.05, 3.63) is 32.3 Å². The summed E-state index contributed by atoms with van der Waals surface area (Å²) >= 11 is 3.18. The number of rotatable bonds is 5. The molecule has 0 spiro atoms. The molecule has 18 heavy (non-hydrogen) atoms. The Labute approximate surface area is 113 Å². The second-order valence-electron chi connectivity index (χ2n) is 3.67. The van der Waals surface area contributed by atoms with E-state index < -0.39 is 14.9 Å². The lowest BCUT2D eigenvalue weighted by Crippen LogP contribution is -2.22. The van der Waals surface area contributed by atoms with Gasteiger partial charge in [-0.25, -0.2) is 13.6 Å². The summed E-state index contributed by atoms with van der Waals surface area (Å²) in [6.45, 7) is 1.74. The molecule has 0 aliphatic heterocycles. The summed E-state index contributed by atoms with van der Waals surface area (Å²) < 4.78 is 22.0. The van der Waals surface area contributed by atoms with Crippen molar-refractivity contribution in [3.63, 3.8) is 0 Å². The molecular weight excluding hydrogens is 326 g/mol. The molecule has 0 aromatic heterocycles. The van der Waals surface area contributed by atoms with Crippen molar-refractivity contribution in [2.75, 3.05) is 17.6 Å². The van der Waals surface area contributed by atoms with Crippen molar-refractivity contribution in [2.45, 2.75) is 6.92 Å². The van der Waals surface area contributed by atoms with E-state index in [1.54, 1.807) is 13.0 Å². The van der Waals surface area contributed by atoms with Gasteiger partial charge in [0.25, 0.3) is 5.69 Å². The Hall–Kier alpha value is -1.19. The van der Waals surface area contributed by atoms with Gasteiger partial charge in [-0.3, -0.25) is 10.1 Å². The monoisotopic (exact) mass is 337 g/mol. The summed E-state index contributed by atoms with van der Waals surface area (Å²) in [7, 11) is -3.52. The normalized spacial score (nSPS) is 11.3. The van der Waals surface area contributed by atoms with Gasteiger partial charge >= 0.3 is 0 Å². The van der Waals surface area contributed by atoms with Crippen LogP contribution in [0.25, 0.3) is 0 Å². The van der Waals surface area contributed by atoms with Crippen LogP contribution < -0.4 is 10.5 Å². The smallest absolute Gasteiger partial charge is 0.273 e. The van der Waals surface area contributed by atoms with Crippen LogP contribution in [-0.2, 0) is 10.0 Å². The number of nitro benzene ring substituents is 1. The zero-order valence-electron chi connectivity index (χ0n) is 9.51. The average molecular weight is 338 g/mol. The zero-order valence-corrected chi connectivity index (χ0v) is 11.9. The third kappa shape index (κ3) is 4.24. The minimum Gasteiger partial charge on any atom is -0.383 e. The highest BCUT2D eigenvalue weighted by atomic mass is 79.9. The fourth-order valence-electron chi connectivity index (χ4n) is 1.33. The van der Waals surface area contributed by atoms with Crippen LogP contribution in [0.1, 0.15) is 5.56 Å². The van der Waals surface area contributed by atoms with Gasteiger partial charge in [-0.05, 0) is 28.9 Å². The topological polar surface area (TPSA) is 115 Å². The highest BCUT2D eigenvalue weighted by molar-refractivity contribution is 9.10. The summed E-state index contributed by atoms with van der Waals surface area (Å²) in [5.41, 5.74) is 1.07. The van der Waals surface area contributed by atoms with Crippen LogP contribution >= 0.6 is 15.9 Å². The summed E-state index contributed by atoms with van der Waals surface area (Å²) in [5.74, 6) is -0.213. The number of primary sulfonamides is 1. The molecule has 100 valence electrons. The van der Waals surface area contributed by atoms with E-state index in [2.05, 4.69) is 21.2 Å². The number of hydrogen-bond donors (Lipinski definition) is 2. The number of benzene rings is 1. The van der Waals surface area contributed by atoms with E-state index in [4.69, 9.17) is 5.14 Å². The molecule has 1 rings (SSSR count). The SMILES string of the molecule is Cc1cc(NCCS(N)(=O)=O)c(Br)cc1[N+](=O)[O-]. The predicted octanol–water partition coefficient (Wildman–Crippen LogP) is 1.37. The Balaban J connectivity index is 2.85. The number of nitrogens with two attached hydrogens (primary N) is 1. The highest BCUT2D eigenvalue weighted by Gasteiger charge is 2.14. The molecule has 0 atom stereocenters. The summed E-state index contributed by atoms with van der Waals surface area (Å²) in [4.78, 5) is 10.2. The molecule has 0 aliphatic carbocycles. The number of nitrogens with zero attached hydrogens (tertiary/aromatic N) is 1. The van der Waals surface area contributed by atoms with E-state index in [9.17, 15) is 18.5 Å². The lowest BCUT2D eigenvalue weighted by atomic mass is 10.2. The predicted molar refractivity (Wildman–Crippen MR) is 72.0 cm³/mol. The van der Waals surface area contributed by atoms with Gasteiger partial charge in [0.1, 0.15) is 0 Å². The average Bonchev–Trinajstić information content (AvgIpc) is 2.20. The highest BCUT2D eigenvalue weighted by Crippen LogP contribution is 2.30. The molecule has 1 aromatic carbocycles. The first-order valence-electron chi connectivity index (χ1n) is 4.89. The minimum absolute atomic E-state index is 0.00105. The third-order valence-corrected chi connectivity index (χ3v) is 3.61. The van der Waals surface area contributed by atoms with Gasteiger partial charge in [0.05, 0.1) is 10.7 Å². The maximum Gasteiger partial charge on any atom is 0.273 e. The van der Waals surface area contributed by atoms with Gasteiger partial charge in [-0.15, -0.1) is 0 Å². The van der Waals surface area contributed by atoms with Crippen molar-refractivity contribution in [2.24, 2.45) is 5.14 Å². The largest absolute Gasteiger partial charge is 0.383 e. The second-order valence-corrected chi connectivity index (χ2v) is 6.26. The van der Waals surface area contributed by atoms with Gasteiger partial charge < -0.3 is 5.32 Å². The van der Waals surface area contributed by atoms with Crippen LogP contribution in [0.5, 0.6) is 0 Å². The van der Waals surface area contributed by atoms with Crippen molar-refractivity contribution in [1.82, 2.24) is 0 Å². The molecule has 0 bridgehead atoms. The molecule has 0 radical (unpaired) electrons. The van der Waals surface area contributed by atoms with Crippen LogP contribution in [0.2, 0.25) is 0 Å². The molecule has 0 saturated heterocycles. The number of aryl methyl sites for hydroxylation is 1. The number of sulfonamides is 1. The first-order chi connectivity index (χ1) is 8.20. The first kappa shape index (κ1) is 14.9. The Morgan fingerprint density at radius 1 is 1.50 bits per heavy atom. The van der Waals surface area contributed by atoms with Crippen LogP contribution in [0.15, 0.2) is 16.6 Å². The quantitative estimate of drug-likeness (QED) is 0.621. The van der Waals surface area contributed by atoms with Crippen LogP contribution in [0.3, 0.4) is 0 Å². The lowest BCUT2D eigenvalue weighted by Gasteiger charge is -2.09. The van der Waals surface area contributed by atoms with Gasteiger partial charge in [0.15, 0.2) is 0 Å². The van der Waals surface area contributed by atoms with E-state index in [1.165, 1.54) is 6.07 Å². The molecule has 1 aromatic rings. The van der Waals surface area contributed by atoms with E-state index in [-0.39, 0.29) is 18.0 Å². The van der Waals surface area contributed by atoms with Gasteiger partial charge in [-0.1, -0.05) is 0 Å². The molecule has 0 fully saturated rings. The van der Waals surface area contributed by atoms with E-state index >= 15 is 0 Å². The van der Waals surface area contributed by atoms with Gasteiger partial charge in [0.2, 0.25) is 10.0 Å². The maximum absolute atomic E-state index is 10.8. The van der Waals surface area contributed by atoms with Crippen molar-refractivity contribution < 1.29 is 13.3 Å². The molecule has 7 nitrogen and oxygen atoms in total. The first-order valence-corrected chi connectivity index (χ1v) is 7.40. The second kappa shape index (κ2) is 5.63.